The third-order valence-electron chi connectivity index (χ3n) is 4.29. The predicted molar refractivity (Wildman–Crippen MR) is 94.5 cm³/mol. The maximum absolute atomic E-state index is 12.6. The van der Waals surface area contributed by atoms with E-state index >= 15 is 0 Å². The van der Waals surface area contributed by atoms with Crippen LogP contribution in [0.3, 0.4) is 0 Å². The van der Waals surface area contributed by atoms with Crippen LogP contribution in [0.4, 0.5) is 5.69 Å². The molecule has 25 heavy (non-hydrogen) atoms. The van der Waals surface area contributed by atoms with Crippen LogP contribution in [0, 0.1) is 0 Å². The van der Waals surface area contributed by atoms with E-state index in [9.17, 15) is 9.59 Å². The normalized spacial score (nSPS) is 14.1. The van der Waals surface area contributed by atoms with E-state index in [1.165, 1.54) is 0 Å². The first kappa shape index (κ1) is 17.2. The van der Waals surface area contributed by atoms with E-state index in [2.05, 4.69) is 0 Å². The van der Waals surface area contributed by atoms with Gasteiger partial charge in [0.25, 0.3) is 5.91 Å². The molecule has 1 aliphatic heterocycles. The van der Waals surface area contributed by atoms with Crippen molar-refractivity contribution in [3.05, 3.63) is 65.2 Å². The molecule has 0 aliphatic carbocycles. The molecule has 130 valence electrons. The molecular weight excluding hydrogens is 318 g/mol. The molecule has 0 spiro atoms. The van der Waals surface area contributed by atoms with Gasteiger partial charge in [0.15, 0.2) is 6.10 Å². The molecule has 3 rings (SSSR count). The Kier molecular flexibility index (Phi) is 5.14. The van der Waals surface area contributed by atoms with Gasteiger partial charge in [0, 0.05) is 19.3 Å². The first-order valence-electron chi connectivity index (χ1n) is 8.28. The zero-order valence-electron chi connectivity index (χ0n) is 14.4. The highest BCUT2D eigenvalue weighted by Gasteiger charge is 2.29. The van der Waals surface area contributed by atoms with E-state index in [-0.39, 0.29) is 5.91 Å². The number of carbonyl (C=O) groups is 2. The molecular formula is C20H21NO4. The van der Waals surface area contributed by atoms with Crippen molar-refractivity contribution in [2.75, 3.05) is 18.6 Å². The summed E-state index contributed by atoms with van der Waals surface area (Å²) in [6.45, 7) is 2.71. The molecule has 0 fully saturated rings. The molecule has 5 nitrogen and oxygen atoms in total. The number of hydrogen-bond acceptors (Lipinski definition) is 4. The number of para-hydroxylation sites is 1. The number of nitrogens with zero attached hydrogens (tertiary/aromatic N) is 1. The van der Waals surface area contributed by atoms with Gasteiger partial charge in [-0.3, -0.25) is 4.79 Å². The van der Waals surface area contributed by atoms with Gasteiger partial charge in [0.1, 0.15) is 0 Å². The van der Waals surface area contributed by atoms with Gasteiger partial charge < -0.3 is 14.4 Å². The van der Waals surface area contributed by atoms with Crippen molar-refractivity contribution in [2.24, 2.45) is 0 Å². The number of rotatable bonds is 5. The summed E-state index contributed by atoms with van der Waals surface area (Å²) >= 11 is 0. The Hall–Kier alpha value is -2.66. The topological polar surface area (TPSA) is 55.8 Å². The van der Waals surface area contributed by atoms with Crippen LogP contribution in [0.5, 0.6) is 0 Å². The first-order valence-corrected chi connectivity index (χ1v) is 8.28. The Labute approximate surface area is 147 Å². The molecule has 0 saturated carbocycles. The molecule has 1 atom stereocenters. The molecule has 0 saturated heterocycles. The fourth-order valence-corrected chi connectivity index (χ4v) is 2.97. The van der Waals surface area contributed by atoms with E-state index in [1.54, 1.807) is 31.1 Å². The van der Waals surface area contributed by atoms with Crippen molar-refractivity contribution in [1.82, 2.24) is 0 Å². The quantitative estimate of drug-likeness (QED) is 0.786. The lowest BCUT2D eigenvalue weighted by atomic mass is 10.1. The number of esters is 1. The minimum Gasteiger partial charge on any atom is -0.449 e. The Morgan fingerprint density at radius 2 is 1.84 bits per heavy atom. The van der Waals surface area contributed by atoms with E-state index < -0.39 is 12.1 Å². The maximum atomic E-state index is 12.6. The van der Waals surface area contributed by atoms with Crippen LogP contribution < -0.4 is 4.90 Å². The van der Waals surface area contributed by atoms with Crippen LogP contribution in [0.25, 0.3) is 0 Å². The minimum absolute atomic E-state index is 0.200. The van der Waals surface area contributed by atoms with Crippen LogP contribution in [-0.4, -0.2) is 31.6 Å². The smallest absolute Gasteiger partial charge is 0.338 e. The molecule has 5 heteroatoms. The standard InChI is InChI=1S/C20H21NO4/c1-14(19(22)21-12-11-16-5-3-4-6-18(16)21)25-20(23)17-9-7-15(8-10-17)13-24-2/h3-10,14H,11-13H2,1-2H3/t14-/m0/s1. The van der Waals surface area contributed by atoms with Crippen molar-refractivity contribution in [2.45, 2.75) is 26.1 Å². The molecule has 0 unspecified atom stereocenters. The molecule has 1 aliphatic rings. The van der Waals surface area contributed by atoms with Crippen molar-refractivity contribution >= 4 is 17.6 Å². The molecule has 1 amide bonds. The highest BCUT2D eigenvalue weighted by molar-refractivity contribution is 6.00. The van der Waals surface area contributed by atoms with Crippen molar-refractivity contribution < 1.29 is 19.1 Å². The van der Waals surface area contributed by atoms with Gasteiger partial charge in [0.05, 0.1) is 12.2 Å². The number of fused-ring (bicyclic) bond motifs is 1. The molecule has 2 aromatic carbocycles. The second-order valence-corrected chi connectivity index (χ2v) is 6.05. The summed E-state index contributed by atoms with van der Waals surface area (Å²) in [5, 5.41) is 0. The fraction of sp³-hybridized carbons (Fsp3) is 0.300. The zero-order chi connectivity index (χ0) is 17.8. The summed E-state index contributed by atoms with van der Waals surface area (Å²) < 4.78 is 10.4. The van der Waals surface area contributed by atoms with E-state index in [0.29, 0.717) is 18.7 Å². The second-order valence-electron chi connectivity index (χ2n) is 6.05. The summed E-state index contributed by atoms with van der Waals surface area (Å²) in [6.07, 6.45) is -0.0129. The average molecular weight is 339 g/mol. The zero-order valence-corrected chi connectivity index (χ0v) is 14.4. The molecule has 1 heterocycles. The van der Waals surface area contributed by atoms with Crippen molar-refractivity contribution in [1.29, 1.82) is 0 Å². The number of benzene rings is 2. The Bertz CT molecular complexity index is 770. The van der Waals surface area contributed by atoms with Crippen LogP contribution in [0.15, 0.2) is 48.5 Å². The monoisotopic (exact) mass is 339 g/mol. The van der Waals surface area contributed by atoms with Gasteiger partial charge in [-0.05, 0) is 42.7 Å². The number of carbonyl (C=O) groups excluding carboxylic acids is 2. The summed E-state index contributed by atoms with van der Waals surface area (Å²) in [5.41, 5.74) is 3.43. The van der Waals surface area contributed by atoms with E-state index in [0.717, 1.165) is 23.2 Å². The van der Waals surface area contributed by atoms with Gasteiger partial charge in [-0.25, -0.2) is 4.79 Å². The van der Waals surface area contributed by atoms with Crippen LogP contribution in [-0.2, 0) is 27.3 Å². The summed E-state index contributed by atoms with van der Waals surface area (Å²) in [6, 6.07) is 14.8. The lowest BCUT2D eigenvalue weighted by Gasteiger charge is -2.21. The number of methoxy groups -OCH3 is 1. The maximum Gasteiger partial charge on any atom is 0.338 e. The largest absolute Gasteiger partial charge is 0.449 e. The lowest BCUT2D eigenvalue weighted by molar-refractivity contribution is -0.126. The van der Waals surface area contributed by atoms with Crippen molar-refractivity contribution in [3.8, 4) is 0 Å². The third-order valence-corrected chi connectivity index (χ3v) is 4.29. The van der Waals surface area contributed by atoms with Crippen LogP contribution in [0.2, 0.25) is 0 Å². The highest BCUT2D eigenvalue weighted by Crippen LogP contribution is 2.28. The van der Waals surface area contributed by atoms with Crippen LogP contribution >= 0.6 is 0 Å². The van der Waals surface area contributed by atoms with Gasteiger partial charge in [-0.15, -0.1) is 0 Å². The first-order chi connectivity index (χ1) is 12.1. The SMILES string of the molecule is COCc1ccc(C(=O)O[C@@H](C)C(=O)N2CCc3ccccc32)cc1. The summed E-state index contributed by atoms with van der Waals surface area (Å²) in [5.74, 6) is -0.702. The summed E-state index contributed by atoms with van der Waals surface area (Å²) in [4.78, 5) is 26.6. The fourth-order valence-electron chi connectivity index (χ4n) is 2.97. The average Bonchev–Trinajstić information content (AvgIpc) is 3.06. The number of amides is 1. The Morgan fingerprint density at radius 1 is 1.12 bits per heavy atom. The second kappa shape index (κ2) is 7.49. The Balaban J connectivity index is 1.64. The van der Waals surface area contributed by atoms with Gasteiger partial charge >= 0.3 is 5.97 Å². The molecule has 0 bridgehead atoms. The predicted octanol–water partition coefficient (Wildman–Crippen LogP) is 2.97. The third kappa shape index (κ3) is 3.72. The lowest BCUT2D eigenvalue weighted by Crippen LogP contribution is -2.39. The molecule has 0 N–H and O–H groups in total. The van der Waals surface area contributed by atoms with Crippen molar-refractivity contribution in [3.63, 3.8) is 0 Å². The number of hydrogen-bond donors (Lipinski definition) is 0. The van der Waals surface area contributed by atoms with Gasteiger partial charge in [-0.2, -0.15) is 0 Å². The Morgan fingerprint density at radius 3 is 2.56 bits per heavy atom. The number of anilines is 1. The van der Waals surface area contributed by atoms with Crippen LogP contribution in [0.1, 0.15) is 28.4 Å². The molecule has 0 radical (unpaired) electrons. The molecule has 2 aromatic rings. The highest BCUT2D eigenvalue weighted by atomic mass is 16.5. The van der Waals surface area contributed by atoms with Gasteiger partial charge in [0.2, 0.25) is 0 Å². The minimum atomic E-state index is -0.836. The molecule has 0 aromatic heterocycles. The van der Waals surface area contributed by atoms with E-state index in [1.807, 2.05) is 36.4 Å². The number of ether oxygens (including phenoxy) is 2. The van der Waals surface area contributed by atoms with E-state index in [4.69, 9.17) is 9.47 Å². The van der Waals surface area contributed by atoms with Gasteiger partial charge in [-0.1, -0.05) is 30.3 Å². The summed E-state index contributed by atoms with van der Waals surface area (Å²) in [7, 11) is 1.62.